The SMILES string of the molecule is Cc1ccncc1CNC(=O)CCC(=O)O. The minimum atomic E-state index is -0.965. The second-order valence-electron chi connectivity index (χ2n) is 3.47. The molecule has 5 nitrogen and oxygen atoms in total. The Hall–Kier alpha value is -1.91. The van der Waals surface area contributed by atoms with E-state index in [4.69, 9.17) is 5.11 Å². The Labute approximate surface area is 93.5 Å². The summed E-state index contributed by atoms with van der Waals surface area (Å²) in [6.07, 6.45) is 3.24. The zero-order chi connectivity index (χ0) is 12.0. The van der Waals surface area contributed by atoms with Crippen molar-refractivity contribution in [1.82, 2.24) is 10.3 Å². The first-order chi connectivity index (χ1) is 7.59. The molecule has 0 aromatic carbocycles. The van der Waals surface area contributed by atoms with E-state index in [0.29, 0.717) is 6.54 Å². The van der Waals surface area contributed by atoms with Gasteiger partial charge >= 0.3 is 5.97 Å². The van der Waals surface area contributed by atoms with Crippen LogP contribution in [0.4, 0.5) is 0 Å². The van der Waals surface area contributed by atoms with Gasteiger partial charge < -0.3 is 10.4 Å². The van der Waals surface area contributed by atoms with Gasteiger partial charge in [-0.15, -0.1) is 0 Å². The molecule has 0 aliphatic heterocycles. The van der Waals surface area contributed by atoms with E-state index in [1.165, 1.54) is 0 Å². The highest BCUT2D eigenvalue weighted by atomic mass is 16.4. The third-order valence-corrected chi connectivity index (χ3v) is 2.19. The molecule has 0 unspecified atom stereocenters. The summed E-state index contributed by atoms with van der Waals surface area (Å²) < 4.78 is 0. The van der Waals surface area contributed by atoms with E-state index in [0.717, 1.165) is 11.1 Å². The minimum Gasteiger partial charge on any atom is -0.481 e. The van der Waals surface area contributed by atoms with Gasteiger partial charge in [0, 0.05) is 25.4 Å². The first-order valence-electron chi connectivity index (χ1n) is 4.97. The molecule has 0 spiro atoms. The van der Waals surface area contributed by atoms with Gasteiger partial charge in [-0.05, 0) is 24.1 Å². The van der Waals surface area contributed by atoms with E-state index in [1.54, 1.807) is 12.4 Å². The predicted octanol–water partition coefficient (Wildman–Crippen LogP) is 0.871. The van der Waals surface area contributed by atoms with Crippen LogP contribution in [0.5, 0.6) is 0 Å². The fourth-order valence-electron chi connectivity index (χ4n) is 1.18. The summed E-state index contributed by atoms with van der Waals surface area (Å²) >= 11 is 0. The highest BCUT2D eigenvalue weighted by Crippen LogP contribution is 2.04. The van der Waals surface area contributed by atoms with Crippen molar-refractivity contribution in [3.8, 4) is 0 Å². The Morgan fingerprint density at radius 2 is 2.19 bits per heavy atom. The molecule has 86 valence electrons. The van der Waals surface area contributed by atoms with E-state index in [1.807, 2.05) is 13.0 Å². The molecule has 0 atom stereocenters. The fraction of sp³-hybridized carbons (Fsp3) is 0.364. The van der Waals surface area contributed by atoms with Crippen LogP contribution in [0.25, 0.3) is 0 Å². The van der Waals surface area contributed by atoms with Crippen LogP contribution in [0.3, 0.4) is 0 Å². The van der Waals surface area contributed by atoms with Gasteiger partial charge in [-0.1, -0.05) is 0 Å². The van der Waals surface area contributed by atoms with Crippen molar-refractivity contribution in [3.05, 3.63) is 29.6 Å². The second-order valence-corrected chi connectivity index (χ2v) is 3.47. The van der Waals surface area contributed by atoms with Crippen LogP contribution in [-0.4, -0.2) is 22.0 Å². The average Bonchev–Trinajstić information content (AvgIpc) is 2.25. The van der Waals surface area contributed by atoms with Gasteiger partial charge in [-0.2, -0.15) is 0 Å². The molecule has 1 rings (SSSR count). The molecule has 2 N–H and O–H groups in total. The van der Waals surface area contributed by atoms with E-state index in [9.17, 15) is 9.59 Å². The Bertz CT molecular complexity index is 391. The molecule has 0 aliphatic carbocycles. The molecular weight excluding hydrogens is 208 g/mol. The quantitative estimate of drug-likeness (QED) is 0.774. The number of hydrogen-bond donors (Lipinski definition) is 2. The molecule has 0 saturated carbocycles. The lowest BCUT2D eigenvalue weighted by molar-refractivity contribution is -0.138. The third-order valence-electron chi connectivity index (χ3n) is 2.19. The van der Waals surface area contributed by atoms with Gasteiger partial charge in [-0.25, -0.2) is 0 Å². The van der Waals surface area contributed by atoms with Gasteiger partial charge in [0.2, 0.25) is 5.91 Å². The van der Waals surface area contributed by atoms with E-state index in [2.05, 4.69) is 10.3 Å². The van der Waals surface area contributed by atoms with Gasteiger partial charge in [0.15, 0.2) is 0 Å². The van der Waals surface area contributed by atoms with E-state index in [-0.39, 0.29) is 18.7 Å². The molecule has 5 heteroatoms. The number of nitrogens with zero attached hydrogens (tertiary/aromatic N) is 1. The van der Waals surface area contributed by atoms with Gasteiger partial charge in [0.25, 0.3) is 0 Å². The lowest BCUT2D eigenvalue weighted by Gasteiger charge is -2.06. The van der Waals surface area contributed by atoms with Gasteiger partial charge in [0.1, 0.15) is 0 Å². The highest BCUT2D eigenvalue weighted by Gasteiger charge is 2.05. The van der Waals surface area contributed by atoms with Crippen molar-refractivity contribution >= 4 is 11.9 Å². The molecule has 1 heterocycles. The second kappa shape index (κ2) is 5.85. The van der Waals surface area contributed by atoms with Gasteiger partial charge in [0.05, 0.1) is 6.42 Å². The lowest BCUT2D eigenvalue weighted by atomic mass is 10.1. The summed E-state index contributed by atoms with van der Waals surface area (Å²) in [7, 11) is 0. The first-order valence-corrected chi connectivity index (χ1v) is 4.97. The molecule has 0 aliphatic rings. The number of carboxylic acid groups (broad SMARTS) is 1. The molecule has 1 aromatic heterocycles. The lowest BCUT2D eigenvalue weighted by Crippen LogP contribution is -2.23. The summed E-state index contributed by atoms with van der Waals surface area (Å²) in [6.45, 7) is 2.32. The maximum Gasteiger partial charge on any atom is 0.303 e. The number of amides is 1. The Morgan fingerprint density at radius 1 is 1.44 bits per heavy atom. The molecular formula is C11H14N2O3. The molecule has 16 heavy (non-hydrogen) atoms. The molecule has 0 saturated heterocycles. The first kappa shape index (κ1) is 12.2. The Balaban J connectivity index is 2.37. The Morgan fingerprint density at radius 3 is 2.81 bits per heavy atom. The van der Waals surface area contributed by atoms with Crippen LogP contribution in [0, 0.1) is 6.92 Å². The summed E-state index contributed by atoms with van der Waals surface area (Å²) in [6, 6.07) is 1.86. The van der Waals surface area contributed by atoms with Crippen molar-refractivity contribution in [2.75, 3.05) is 0 Å². The summed E-state index contributed by atoms with van der Waals surface area (Å²) in [4.78, 5) is 25.4. The number of nitrogens with one attached hydrogen (secondary N) is 1. The number of carbonyl (C=O) groups excluding carboxylic acids is 1. The van der Waals surface area contributed by atoms with E-state index < -0.39 is 5.97 Å². The van der Waals surface area contributed by atoms with E-state index >= 15 is 0 Å². The third kappa shape index (κ3) is 4.08. The predicted molar refractivity (Wildman–Crippen MR) is 57.7 cm³/mol. The van der Waals surface area contributed by atoms with Crippen molar-refractivity contribution in [1.29, 1.82) is 0 Å². The number of aliphatic carboxylic acids is 1. The van der Waals surface area contributed by atoms with Crippen LogP contribution < -0.4 is 5.32 Å². The van der Waals surface area contributed by atoms with Crippen molar-refractivity contribution in [2.24, 2.45) is 0 Å². The summed E-state index contributed by atoms with van der Waals surface area (Å²) in [5, 5.41) is 11.1. The summed E-state index contributed by atoms with van der Waals surface area (Å²) in [5.74, 6) is -1.22. The monoisotopic (exact) mass is 222 g/mol. The van der Waals surface area contributed by atoms with Crippen molar-refractivity contribution < 1.29 is 14.7 Å². The Kier molecular flexibility index (Phi) is 4.44. The fourth-order valence-corrected chi connectivity index (χ4v) is 1.18. The topological polar surface area (TPSA) is 79.3 Å². The average molecular weight is 222 g/mol. The number of aryl methyl sites for hydroxylation is 1. The minimum absolute atomic E-state index is 0.00857. The highest BCUT2D eigenvalue weighted by molar-refractivity contribution is 5.80. The molecule has 0 bridgehead atoms. The van der Waals surface area contributed by atoms with Crippen LogP contribution in [0.1, 0.15) is 24.0 Å². The van der Waals surface area contributed by atoms with Crippen LogP contribution >= 0.6 is 0 Å². The maximum absolute atomic E-state index is 11.2. The zero-order valence-corrected chi connectivity index (χ0v) is 9.06. The van der Waals surface area contributed by atoms with Gasteiger partial charge in [-0.3, -0.25) is 14.6 Å². The molecule has 1 aromatic rings. The van der Waals surface area contributed by atoms with Crippen molar-refractivity contribution in [2.45, 2.75) is 26.3 Å². The number of rotatable bonds is 5. The maximum atomic E-state index is 11.2. The largest absolute Gasteiger partial charge is 0.481 e. The van der Waals surface area contributed by atoms with Crippen LogP contribution in [-0.2, 0) is 16.1 Å². The van der Waals surface area contributed by atoms with Crippen LogP contribution in [0.2, 0.25) is 0 Å². The standard InChI is InChI=1S/C11H14N2O3/c1-8-4-5-12-6-9(8)7-13-10(14)2-3-11(15)16/h4-6H,2-3,7H2,1H3,(H,13,14)(H,15,16). The summed E-state index contributed by atoms with van der Waals surface area (Å²) in [5.41, 5.74) is 1.99. The molecule has 0 fully saturated rings. The zero-order valence-electron chi connectivity index (χ0n) is 9.06. The molecule has 0 radical (unpaired) electrons. The van der Waals surface area contributed by atoms with Crippen molar-refractivity contribution in [3.63, 3.8) is 0 Å². The number of aromatic nitrogens is 1. The number of pyridine rings is 1. The smallest absolute Gasteiger partial charge is 0.303 e. The number of carboxylic acids is 1. The normalized spacial score (nSPS) is 9.81. The number of hydrogen-bond acceptors (Lipinski definition) is 3. The van der Waals surface area contributed by atoms with Crippen LogP contribution in [0.15, 0.2) is 18.5 Å². The molecule has 1 amide bonds. The number of carbonyl (C=O) groups is 2.